The number of hydrogen-bond donors (Lipinski definition) is 2. The van der Waals surface area contributed by atoms with Gasteiger partial charge in [0.15, 0.2) is 0 Å². The van der Waals surface area contributed by atoms with E-state index in [0.29, 0.717) is 5.56 Å². The molecule has 33 heavy (non-hydrogen) atoms. The van der Waals surface area contributed by atoms with Gasteiger partial charge in [0.25, 0.3) is 5.91 Å². The summed E-state index contributed by atoms with van der Waals surface area (Å²) in [5.41, 5.74) is 5.47. The van der Waals surface area contributed by atoms with E-state index in [0.717, 1.165) is 25.5 Å². The Hall–Kier alpha value is -3.01. The molecule has 0 saturated carbocycles. The first kappa shape index (κ1) is 24.6. The number of phenols is 1. The molecule has 0 aliphatic rings. The number of phenolic OH excluding ortho intramolecular Hbond substituents is 1. The molecule has 3 aromatic rings. The largest absolute Gasteiger partial charge is 0.507 e. The Morgan fingerprint density at radius 1 is 1.03 bits per heavy atom. The van der Waals surface area contributed by atoms with Crippen LogP contribution in [0.3, 0.4) is 0 Å². The van der Waals surface area contributed by atoms with Crippen molar-refractivity contribution in [3.05, 3.63) is 93.5 Å². The molecule has 3 rings (SSSR count). The second-order valence-electron chi connectivity index (χ2n) is 7.57. The minimum atomic E-state index is -3.94. The Morgan fingerprint density at radius 3 is 2.27 bits per heavy atom. The van der Waals surface area contributed by atoms with Crippen molar-refractivity contribution < 1.29 is 18.3 Å². The summed E-state index contributed by atoms with van der Waals surface area (Å²) >= 11 is 3.30. The highest BCUT2D eigenvalue weighted by atomic mass is 79.9. The number of amides is 1. The summed E-state index contributed by atoms with van der Waals surface area (Å²) in [7, 11) is -3.94. The number of carbonyl (C=O) groups is 1. The molecule has 0 aliphatic heterocycles. The van der Waals surface area contributed by atoms with E-state index in [-0.39, 0.29) is 17.2 Å². The van der Waals surface area contributed by atoms with Crippen LogP contribution in [0.1, 0.15) is 22.3 Å². The van der Waals surface area contributed by atoms with E-state index in [9.17, 15) is 18.3 Å². The molecule has 1 amide bonds. The number of sulfonamides is 1. The van der Waals surface area contributed by atoms with Crippen LogP contribution < -0.4 is 5.43 Å². The van der Waals surface area contributed by atoms with Crippen molar-refractivity contribution >= 4 is 38.1 Å². The third-order valence-corrected chi connectivity index (χ3v) is 7.14. The smallest absolute Gasteiger partial charge is 0.255 e. The highest BCUT2D eigenvalue weighted by molar-refractivity contribution is 9.10. The number of nitrogens with one attached hydrogen (secondary N) is 1. The van der Waals surface area contributed by atoms with Crippen LogP contribution in [0.15, 0.2) is 81.2 Å². The molecule has 9 heteroatoms. The van der Waals surface area contributed by atoms with Crippen molar-refractivity contribution in [3.63, 3.8) is 0 Å². The Kier molecular flexibility index (Phi) is 8.01. The summed E-state index contributed by atoms with van der Waals surface area (Å²) in [6.45, 7) is 3.42. The maximum Gasteiger partial charge on any atom is 0.255 e. The first-order valence-electron chi connectivity index (χ1n) is 10.1. The lowest BCUT2D eigenvalue weighted by Crippen LogP contribution is -2.39. The van der Waals surface area contributed by atoms with Gasteiger partial charge in [0.05, 0.1) is 17.7 Å². The normalized spacial score (nSPS) is 11.8. The van der Waals surface area contributed by atoms with Gasteiger partial charge in [-0.05, 0) is 49.7 Å². The Balaban J connectivity index is 1.80. The fourth-order valence-corrected chi connectivity index (χ4v) is 4.74. The summed E-state index contributed by atoms with van der Waals surface area (Å²) in [6, 6.07) is 18.7. The Labute approximate surface area is 201 Å². The zero-order valence-corrected chi connectivity index (χ0v) is 20.6. The predicted molar refractivity (Wildman–Crippen MR) is 131 cm³/mol. The van der Waals surface area contributed by atoms with Gasteiger partial charge in [-0.1, -0.05) is 63.5 Å². The van der Waals surface area contributed by atoms with Crippen LogP contribution in [0.4, 0.5) is 0 Å². The second-order valence-corrected chi connectivity index (χ2v) is 10.4. The second kappa shape index (κ2) is 10.7. The molecular formula is C24H24BrN3O4S. The third-order valence-electron chi connectivity index (χ3n) is 4.84. The van der Waals surface area contributed by atoms with E-state index >= 15 is 0 Å². The molecule has 0 unspecified atom stereocenters. The monoisotopic (exact) mass is 529 g/mol. The van der Waals surface area contributed by atoms with Crippen LogP contribution in [0.25, 0.3) is 0 Å². The third kappa shape index (κ3) is 6.74. The molecule has 0 atom stereocenters. The van der Waals surface area contributed by atoms with Gasteiger partial charge in [-0.15, -0.1) is 0 Å². The number of rotatable bonds is 8. The van der Waals surface area contributed by atoms with Gasteiger partial charge in [-0.2, -0.15) is 9.41 Å². The van der Waals surface area contributed by atoms with Crippen LogP contribution in [0, 0.1) is 13.8 Å². The lowest BCUT2D eigenvalue weighted by Gasteiger charge is -2.21. The average molecular weight is 530 g/mol. The zero-order chi connectivity index (χ0) is 24.0. The Morgan fingerprint density at radius 2 is 1.64 bits per heavy atom. The topological polar surface area (TPSA) is 99.1 Å². The number of halogens is 1. The molecule has 3 aromatic carbocycles. The molecule has 0 fully saturated rings. The maximum atomic E-state index is 13.3. The SMILES string of the molecule is Cc1ccc(CN(CC(=O)N/N=C\c2cc(Br)ccc2O)S(=O)(=O)c2ccc(C)cc2)cc1. The van der Waals surface area contributed by atoms with Crippen molar-refractivity contribution in [1.82, 2.24) is 9.73 Å². The minimum absolute atomic E-state index is 0.000791. The Bertz CT molecular complexity index is 1260. The number of aromatic hydroxyl groups is 1. The van der Waals surface area contributed by atoms with Crippen molar-refractivity contribution in [1.29, 1.82) is 0 Å². The van der Waals surface area contributed by atoms with Crippen LogP contribution in [-0.2, 0) is 21.4 Å². The summed E-state index contributed by atoms with van der Waals surface area (Å²) in [5, 5.41) is 13.7. The maximum absolute atomic E-state index is 13.3. The van der Waals surface area contributed by atoms with E-state index in [1.165, 1.54) is 24.4 Å². The number of carbonyl (C=O) groups excluding carboxylic acids is 1. The molecule has 0 bridgehead atoms. The van der Waals surface area contributed by atoms with Gasteiger partial charge >= 0.3 is 0 Å². The van der Waals surface area contributed by atoms with Gasteiger partial charge in [-0.3, -0.25) is 4.79 Å². The van der Waals surface area contributed by atoms with Crippen molar-refractivity contribution in [3.8, 4) is 5.75 Å². The molecule has 2 N–H and O–H groups in total. The fourth-order valence-electron chi connectivity index (χ4n) is 2.98. The van der Waals surface area contributed by atoms with Gasteiger partial charge < -0.3 is 5.11 Å². The summed E-state index contributed by atoms with van der Waals surface area (Å²) in [4.78, 5) is 12.7. The summed E-state index contributed by atoms with van der Waals surface area (Å²) < 4.78 is 28.4. The number of hydrogen-bond acceptors (Lipinski definition) is 5. The molecule has 7 nitrogen and oxygen atoms in total. The summed E-state index contributed by atoms with van der Waals surface area (Å²) in [6.07, 6.45) is 1.29. The van der Waals surface area contributed by atoms with Gasteiger partial charge in [0.2, 0.25) is 10.0 Å². The average Bonchev–Trinajstić information content (AvgIpc) is 2.77. The number of hydrazone groups is 1. The lowest BCUT2D eigenvalue weighted by molar-refractivity contribution is -0.121. The van der Waals surface area contributed by atoms with E-state index in [2.05, 4.69) is 26.5 Å². The zero-order valence-electron chi connectivity index (χ0n) is 18.2. The van der Waals surface area contributed by atoms with Crippen molar-refractivity contribution in [2.24, 2.45) is 5.10 Å². The standard InChI is InChI=1S/C24H24BrN3O4S/c1-17-3-7-19(8-4-17)15-28(33(31,32)22-10-5-18(2)6-11-22)16-24(30)27-26-14-20-13-21(25)9-12-23(20)29/h3-14,29H,15-16H2,1-2H3,(H,27,30)/b26-14-. The summed E-state index contributed by atoms with van der Waals surface area (Å²) in [5.74, 6) is -0.609. The minimum Gasteiger partial charge on any atom is -0.507 e. The number of nitrogens with zero attached hydrogens (tertiary/aromatic N) is 2. The molecule has 172 valence electrons. The predicted octanol–water partition coefficient (Wildman–Crippen LogP) is 4.11. The first-order chi connectivity index (χ1) is 15.6. The lowest BCUT2D eigenvalue weighted by atomic mass is 10.1. The van der Waals surface area contributed by atoms with E-state index in [1.54, 1.807) is 24.3 Å². The number of benzene rings is 3. The van der Waals surface area contributed by atoms with E-state index in [1.807, 2.05) is 38.1 Å². The molecule has 0 saturated heterocycles. The van der Waals surface area contributed by atoms with E-state index < -0.39 is 22.5 Å². The van der Waals surface area contributed by atoms with Crippen LogP contribution in [0.2, 0.25) is 0 Å². The van der Waals surface area contributed by atoms with Crippen LogP contribution >= 0.6 is 15.9 Å². The quantitative estimate of drug-likeness (QED) is 0.338. The first-order valence-corrected chi connectivity index (χ1v) is 12.3. The van der Waals surface area contributed by atoms with Gasteiger partial charge in [-0.25, -0.2) is 13.8 Å². The molecule has 0 aromatic heterocycles. The fraction of sp³-hybridized carbons (Fsp3) is 0.167. The molecule has 0 aliphatic carbocycles. The van der Waals surface area contributed by atoms with E-state index in [4.69, 9.17) is 0 Å². The van der Waals surface area contributed by atoms with Gasteiger partial charge in [0, 0.05) is 16.6 Å². The molecule has 0 spiro atoms. The van der Waals surface area contributed by atoms with Crippen LogP contribution in [0.5, 0.6) is 5.75 Å². The molecule has 0 heterocycles. The molecule has 0 radical (unpaired) electrons. The van der Waals surface area contributed by atoms with Crippen molar-refractivity contribution in [2.75, 3.05) is 6.54 Å². The van der Waals surface area contributed by atoms with Crippen LogP contribution in [-0.4, -0.2) is 36.5 Å². The highest BCUT2D eigenvalue weighted by Crippen LogP contribution is 2.21. The highest BCUT2D eigenvalue weighted by Gasteiger charge is 2.27. The van der Waals surface area contributed by atoms with Crippen molar-refractivity contribution in [2.45, 2.75) is 25.3 Å². The number of aryl methyl sites for hydroxylation is 2. The molecular weight excluding hydrogens is 506 g/mol. The van der Waals surface area contributed by atoms with Gasteiger partial charge in [0.1, 0.15) is 5.75 Å².